The van der Waals surface area contributed by atoms with E-state index in [-0.39, 0.29) is 11.9 Å². The molecule has 16 heavy (non-hydrogen) atoms. The molecule has 0 aliphatic carbocycles. The predicted molar refractivity (Wildman–Crippen MR) is 62.6 cm³/mol. The standard InChI is InChI=1S/C10H14BrN3O2/c1-13-5-9(12-7-13)10(15)14-2-3-16-6-8(14)4-11/h5,7-8H,2-4,6H2,1H3. The number of ether oxygens (including phenoxy) is 1. The summed E-state index contributed by atoms with van der Waals surface area (Å²) in [6.07, 6.45) is 3.37. The van der Waals surface area contributed by atoms with Crippen LogP contribution >= 0.6 is 15.9 Å². The molecule has 2 rings (SSSR count). The molecule has 1 saturated heterocycles. The first kappa shape index (κ1) is 11.6. The summed E-state index contributed by atoms with van der Waals surface area (Å²) in [7, 11) is 1.85. The maximum absolute atomic E-state index is 12.2. The molecule has 1 atom stereocenters. The topological polar surface area (TPSA) is 47.4 Å². The Bertz CT molecular complexity index is 380. The number of carbonyl (C=O) groups is 1. The largest absolute Gasteiger partial charge is 0.377 e. The minimum Gasteiger partial charge on any atom is -0.377 e. The van der Waals surface area contributed by atoms with Crippen LogP contribution in [0.3, 0.4) is 0 Å². The number of hydrogen-bond donors (Lipinski definition) is 0. The van der Waals surface area contributed by atoms with Crippen molar-refractivity contribution in [3.8, 4) is 0 Å². The van der Waals surface area contributed by atoms with Crippen LogP contribution in [-0.2, 0) is 11.8 Å². The van der Waals surface area contributed by atoms with Gasteiger partial charge in [-0.3, -0.25) is 4.79 Å². The number of aryl methyl sites for hydroxylation is 1. The van der Waals surface area contributed by atoms with Gasteiger partial charge >= 0.3 is 0 Å². The van der Waals surface area contributed by atoms with E-state index >= 15 is 0 Å². The number of amides is 1. The lowest BCUT2D eigenvalue weighted by Crippen LogP contribution is -2.49. The van der Waals surface area contributed by atoms with Crippen LogP contribution < -0.4 is 0 Å². The second-order valence-corrected chi connectivity index (χ2v) is 4.45. The number of nitrogens with zero attached hydrogens (tertiary/aromatic N) is 3. The maximum atomic E-state index is 12.2. The van der Waals surface area contributed by atoms with Crippen molar-refractivity contribution in [1.82, 2.24) is 14.5 Å². The molecule has 0 saturated carbocycles. The Kier molecular flexibility index (Phi) is 3.60. The van der Waals surface area contributed by atoms with Crippen molar-refractivity contribution in [2.24, 2.45) is 7.05 Å². The highest BCUT2D eigenvalue weighted by atomic mass is 79.9. The van der Waals surface area contributed by atoms with E-state index in [4.69, 9.17) is 4.74 Å². The van der Waals surface area contributed by atoms with Crippen LogP contribution in [-0.4, -0.2) is 51.5 Å². The monoisotopic (exact) mass is 287 g/mol. The van der Waals surface area contributed by atoms with Gasteiger partial charge in [0.25, 0.3) is 5.91 Å². The number of rotatable bonds is 2. The minimum atomic E-state index is -0.0200. The molecule has 1 aliphatic rings. The lowest BCUT2D eigenvalue weighted by atomic mass is 10.2. The van der Waals surface area contributed by atoms with Gasteiger partial charge in [0, 0.05) is 25.1 Å². The van der Waals surface area contributed by atoms with Gasteiger partial charge in [-0.25, -0.2) is 4.98 Å². The van der Waals surface area contributed by atoms with Crippen LogP contribution in [0.15, 0.2) is 12.5 Å². The van der Waals surface area contributed by atoms with Crippen LogP contribution in [0.5, 0.6) is 0 Å². The minimum absolute atomic E-state index is 0.0200. The van der Waals surface area contributed by atoms with Gasteiger partial charge < -0.3 is 14.2 Å². The van der Waals surface area contributed by atoms with E-state index in [1.165, 1.54) is 0 Å². The molecule has 0 N–H and O–H groups in total. The molecule has 5 nitrogen and oxygen atoms in total. The van der Waals surface area contributed by atoms with E-state index in [1.54, 1.807) is 17.1 Å². The summed E-state index contributed by atoms with van der Waals surface area (Å²) >= 11 is 3.40. The number of aromatic nitrogens is 2. The van der Waals surface area contributed by atoms with Crippen LogP contribution in [0.25, 0.3) is 0 Å². The summed E-state index contributed by atoms with van der Waals surface area (Å²) in [5.41, 5.74) is 0.496. The zero-order chi connectivity index (χ0) is 11.5. The number of imidazole rings is 1. The molecule has 0 bridgehead atoms. The molecule has 88 valence electrons. The van der Waals surface area contributed by atoms with E-state index in [0.717, 1.165) is 5.33 Å². The Morgan fingerprint density at radius 2 is 2.56 bits per heavy atom. The second-order valence-electron chi connectivity index (χ2n) is 3.81. The van der Waals surface area contributed by atoms with Gasteiger partial charge in [-0.05, 0) is 0 Å². The van der Waals surface area contributed by atoms with Gasteiger partial charge in [0.15, 0.2) is 0 Å². The Hall–Kier alpha value is -0.880. The number of halogens is 1. The molecule has 2 heterocycles. The molecule has 0 spiro atoms. The smallest absolute Gasteiger partial charge is 0.274 e. The van der Waals surface area contributed by atoms with E-state index < -0.39 is 0 Å². The van der Waals surface area contributed by atoms with Crippen LogP contribution in [0.2, 0.25) is 0 Å². The van der Waals surface area contributed by atoms with Gasteiger partial charge in [-0.2, -0.15) is 0 Å². The molecule has 1 fully saturated rings. The average Bonchev–Trinajstić information content (AvgIpc) is 2.75. The van der Waals surface area contributed by atoms with Crippen molar-refractivity contribution in [2.75, 3.05) is 25.1 Å². The first-order valence-corrected chi connectivity index (χ1v) is 6.27. The molecule has 1 aromatic rings. The summed E-state index contributed by atoms with van der Waals surface area (Å²) in [6, 6.07) is 0.100. The number of alkyl halides is 1. The van der Waals surface area contributed by atoms with Crippen molar-refractivity contribution in [3.63, 3.8) is 0 Å². The molecule has 1 aliphatic heterocycles. The lowest BCUT2D eigenvalue weighted by molar-refractivity contribution is 0.00494. The summed E-state index contributed by atoms with van der Waals surface area (Å²) < 4.78 is 7.12. The SMILES string of the molecule is Cn1cnc(C(=O)N2CCOCC2CBr)c1. The molecular weight excluding hydrogens is 274 g/mol. The molecule has 0 aromatic carbocycles. The van der Waals surface area contributed by atoms with Gasteiger partial charge in [0.2, 0.25) is 0 Å². The fourth-order valence-electron chi connectivity index (χ4n) is 1.72. The molecule has 0 radical (unpaired) electrons. The maximum Gasteiger partial charge on any atom is 0.274 e. The van der Waals surface area contributed by atoms with Crippen molar-refractivity contribution < 1.29 is 9.53 Å². The normalized spacial score (nSPS) is 21.1. The lowest BCUT2D eigenvalue weighted by Gasteiger charge is -2.34. The zero-order valence-electron chi connectivity index (χ0n) is 9.10. The first-order chi connectivity index (χ1) is 7.72. The fraction of sp³-hybridized carbons (Fsp3) is 0.600. The highest BCUT2D eigenvalue weighted by Gasteiger charge is 2.28. The van der Waals surface area contributed by atoms with Crippen LogP contribution in [0.1, 0.15) is 10.5 Å². The quantitative estimate of drug-likeness (QED) is 0.751. The summed E-state index contributed by atoms with van der Waals surface area (Å²) in [6.45, 7) is 1.82. The third kappa shape index (κ3) is 2.27. The Morgan fingerprint density at radius 1 is 1.75 bits per heavy atom. The number of hydrogen-bond acceptors (Lipinski definition) is 3. The van der Waals surface area contributed by atoms with Crippen molar-refractivity contribution in [2.45, 2.75) is 6.04 Å². The Balaban J connectivity index is 2.13. The van der Waals surface area contributed by atoms with Crippen LogP contribution in [0, 0.1) is 0 Å². The van der Waals surface area contributed by atoms with E-state index in [2.05, 4.69) is 20.9 Å². The zero-order valence-corrected chi connectivity index (χ0v) is 10.7. The first-order valence-electron chi connectivity index (χ1n) is 5.15. The van der Waals surface area contributed by atoms with E-state index in [0.29, 0.717) is 25.5 Å². The highest BCUT2D eigenvalue weighted by molar-refractivity contribution is 9.09. The second kappa shape index (κ2) is 4.97. The Labute approximate surface area is 103 Å². The molecule has 1 amide bonds. The number of carbonyl (C=O) groups excluding carboxylic acids is 1. The van der Waals surface area contributed by atoms with Crippen molar-refractivity contribution >= 4 is 21.8 Å². The number of morpholine rings is 1. The van der Waals surface area contributed by atoms with Gasteiger partial charge in [-0.1, -0.05) is 15.9 Å². The van der Waals surface area contributed by atoms with Crippen LogP contribution in [0.4, 0.5) is 0 Å². The molecule has 1 unspecified atom stereocenters. The average molecular weight is 288 g/mol. The predicted octanol–water partition coefficient (Wildman–Crippen LogP) is 0.656. The third-order valence-corrected chi connectivity index (χ3v) is 3.34. The van der Waals surface area contributed by atoms with E-state index in [1.807, 2.05) is 11.9 Å². The molecular formula is C10H14BrN3O2. The highest BCUT2D eigenvalue weighted by Crippen LogP contribution is 2.13. The third-order valence-electron chi connectivity index (χ3n) is 2.59. The van der Waals surface area contributed by atoms with E-state index in [9.17, 15) is 4.79 Å². The van der Waals surface area contributed by atoms with Crippen molar-refractivity contribution in [3.05, 3.63) is 18.2 Å². The molecule has 1 aromatic heterocycles. The van der Waals surface area contributed by atoms with Crippen molar-refractivity contribution in [1.29, 1.82) is 0 Å². The summed E-state index contributed by atoms with van der Waals surface area (Å²) in [5.74, 6) is -0.0200. The fourth-order valence-corrected chi connectivity index (χ4v) is 2.26. The summed E-state index contributed by atoms with van der Waals surface area (Å²) in [5, 5.41) is 0.728. The van der Waals surface area contributed by atoms with Gasteiger partial charge in [0.1, 0.15) is 5.69 Å². The molecule has 6 heteroatoms. The Morgan fingerprint density at radius 3 is 3.19 bits per heavy atom. The summed E-state index contributed by atoms with van der Waals surface area (Å²) in [4.78, 5) is 18.1. The van der Waals surface area contributed by atoms with Gasteiger partial charge in [0.05, 0.1) is 25.6 Å². The van der Waals surface area contributed by atoms with Gasteiger partial charge in [-0.15, -0.1) is 0 Å².